The zero-order valence-corrected chi connectivity index (χ0v) is 22.7. The van der Waals surface area contributed by atoms with Crippen molar-refractivity contribution in [3.63, 3.8) is 0 Å². The minimum Gasteiger partial charge on any atom is -0.494 e. The lowest BCUT2D eigenvalue weighted by atomic mass is 10.1. The summed E-state index contributed by atoms with van der Waals surface area (Å²) in [6.45, 7) is 7.87. The Morgan fingerprint density at radius 3 is 2.72 bits per heavy atom. The fourth-order valence-corrected chi connectivity index (χ4v) is 4.39. The highest BCUT2D eigenvalue weighted by Gasteiger charge is 2.28. The summed E-state index contributed by atoms with van der Waals surface area (Å²) < 4.78 is 24.0. The molecule has 2 amide bonds. The molecule has 39 heavy (non-hydrogen) atoms. The largest absolute Gasteiger partial charge is 0.494 e. The van der Waals surface area contributed by atoms with Crippen LogP contribution in [-0.2, 0) is 17.8 Å². The van der Waals surface area contributed by atoms with E-state index in [1.807, 2.05) is 20.8 Å². The van der Waals surface area contributed by atoms with Crippen LogP contribution >= 0.6 is 0 Å². The summed E-state index contributed by atoms with van der Waals surface area (Å²) in [6.07, 6.45) is 2.13. The lowest BCUT2D eigenvalue weighted by Gasteiger charge is -2.21. The monoisotopic (exact) mass is 540 g/mol. The molecule has 1 saturated carbocycles. The van der Waals surface area contributed by atoms with Gasteiger partial charge in [0, 0.05) is 12.6 Å². The molecule has 13 heteroatoms. The van der Waals surface area contributed by atoms with Crippen LogP contribution in [0.4, 0.5) is 9.18 Å². The normalized spacial score (nSPS) is 17.1. The summed E-state index contributed by atoms with van der Waals surface area (Å²) in [6, 6.07) is 5.91. The van der Waals surface area contributed by atoms with Crippen LogP contribution in [0, 0.1) is 18.7 Å². The Hall–Kier alpha value is -4.16. The fraction of sp³-hybridized carbons (Fsp3) is 0.500. The number of ether oxygens (including phenoxy) is 2. The highest BCUT2D eigenvalue weighted by Crippen LogP contribution is 2.27. The molecule has 0 bridgehead atoms. The summed E-state index contributed by atoms with van der Waals surface area (Å²) in [7, 11) is 1.38. The summed E-state index contributed by atoms with van der Waals surface area (Å²) in [5.41, 5.74) is 0.653. The minimum atomic E-state index is -0.542. The molecule has 1 fully saturated rings. The number of hydrogen-bond donors (Lipinski definition) is 2. The number of aryl methyl sites for hydroxylation is 1. The number of methoxy groups -OCH3 is 1. The van der Waals surface area contributed by atoms with E-state index in [0.29, 0.717) is 23.6 Å². The second kappa shape index (κ2) is 11.7. The second-order valence-corrected chi connectivity index (χ2v) is 10.5. The Morgan fingerprint density at radius 1 is 1.18 bits per heavy atom. The van der Waals surface area contributed by atoms with Gasteiger partial charge in [0.15, 0.2) is 11.6 Å². The van der Waals surface area contributed by atoms with Gasteiger partial charge in [-0.3, -0.25) is 4.79 Å². The number of aromatic nitrogens is 6. The van der Waals surface area contributed by atoms with Crippen LogP contribution in [0.3, 0.4) is 0 Å². The molecule has 2 N–H and O–H groups in total. The number of benzene rings is 1. The first-order chi connectivity index (χ1) is 18.5. The van der Waals surface area contributed by atoms with Gasteiger partial charge in [0.2, 0.25) is 5.82 Å². The van der Waals surface area contributed by atoms with Gasteiger partial charge in [0.1, 0.15) is 22.8 Å². The number of alkyl carbamates (subject to hydrolysis) is 1. The lowest BCUT2D eigenvalue weighted by molar-refractivity contribution is 0.0504. The van der Waals surface area contributed by atoms with Crippen molar-refractivity contribution >= 4 is 12.0 Å². The number of halogens is 1. The van der Waals surface area contributed by atoms with Crippen molar-refractivity contribution in [1.29, 1.82) is 0 Å². The molecule has 3 aromatic rings. The highest BCUT2D eigenvalue weighted by atomic mass is 19.1. The van der Waals surface area contributed by atoms with Crippen molar-refractivity contribution in [3.05, 3.63) is 47.2 Å². The fourth-order valence-electron chi connectivity index (χ4n) is 4.39. The Balaban J connectivity index is 1.35. The van der Waals surface area contributed by atoms with Gasteiger partial charge >= 0.3 is 6.09 Å². The first kappa shape index (κ1) is 27.9. The highest BCUT2D eigenvalue weighted by molar-refractivity contribution is 5.93. The third-order valence-corrected chi connectivity index (χ3v) is 6.10. The smallest absolute Gasteiger partial charge is 0.407 e. The first-order valence-electron chi connectivity index (χ1n) is 12.7. The SMILES string of the molecule is COc1cc(CNC(=O)c2cc(-c3nnn(C[C@H]4CC[C@@H](NC(=O)OC(C)(C)C)C4)n3)nc(C)n2)ccc1F. The summed E-state index contributed by atoms with van der Waals surface area (Å²) in [4.78, 5) is 35.0. The zero-order valence-electron chi connectivity index (χ0n) is 22.7. The average Bonchev–Trinajstić information content (AvgIpc) is 3.51. The molecule has 1 aliphatic carbocycles. The maximum absolute atomic E-state index is 13.6. The van der Waals surface area contributed by atoms with E-state index in [2.05, 4.69) is 36.0 Å². The number of rotatable bonds is 8. The summed E-state index contributed by atoms with van der Waals surface area (Å²) in [5, 5.41) is 18.4. The molecule has 1 aliphatic rings. The van der Waals surface area contributed by atoms with E-state index in [-0.39, 0.29) is 35.8 Å². The maximum Gasteiger partial charge on any atom is 0.407 e. The van der Waals surface area contributed by atoms with Crippen LogP contribution in [0.1, 0.15) is 61.9 Å². The predicted molar refractivity (Wildman–Crippen MR) is 138 cm³/mol. The topological polar surface area (TPSA) is 146 Å². The van der Waals surface area contributed by atoms with Crippen LogP contribution in [-0.4, -0.2) is 60.9 Å². The van der Waals surface area contributed by atoms with Crippen molar-refractivity contribution in [2.24, 2.45) is 5.92 Å². The Labute approximate surface area is 225 Å². The molecule has 2 aromatic heterocycles. The van der Waals surface area contributed by atoms with Crippen molar-refractivity contribution in [3.8, 4) is 17.3 Å². The molecule has 0 unspecified atom stereocenters. The van der Waals surface area contributed by atoms with Crippen LogP contribution < -0.4 is 15.4 Å². The standard InChI is InChI=1S/C26H33FN8O4/c1-15-29-20(12-21(30-15)24(36)28-13-16-7-9-19(27)22(11-16)38-5)23-32-34-35(33-23)14-17-6-8-18(10-17)31-25(37)39-26(2,3)4/h7,9,11-12,17-18H,6,8,10,13-14H2,1-5H3,(H,28,36)(H,31,37)/t17-,18+/m0/s1. The predicted octanol–water partition coefficient (Wildman–Crippen LogP) is 3.21. The van der Waals surface area contributed by atoms with Crippen molar-refractivity contribution in [1.82, 2.24) is 40.8 Å². The quantitative estimate of drug-likeness (QED) is 0.440. The van der Waals surface area contributed by atoms with Gasteiger partial charge in [-0.1, -0.05) is 6.07 Å². The maximum atomic E-state index is 13.6. The van der Waals surface area contributed by atoms with Gasteiger partial charge in [0.05, 0.1) is 13.7 Å². The first-order valence-corrected chi connectivity index (χ1v) is 12.7. The van der Waals surface area contributed by atoms with Gasteiger partial charge in [-0.15, -0.1) is 10.2 Å². The number of carbonyl (C=O) groups excluding carboxylic acids is 2. The van der Waals surface area contributed by atoms with Gasteiger partial charge in [0.25, 0.3) is 5.91 Å². The molecular weight excluding hydrogens is 507 g/mol. The number of carbonyl (C=O) groups is 2. The van der Waals surface area contributed by atoms with E-state index < -0.39 is 23.4 Å². The Morgan fingerprint density at radius 2 is 1.97 bits per heavy atom. The number of amides is 2. The van der Waals surface area contributed by atoms with Crippen molar-refractivity contribution < 1.29 is 23.5 Å². The number of nitrogens with zero attached hydrogens (tertiary/aromatic N) is 6. The van der Waals surface area contributed by atoms with E-state index in [1.54, 1.807) is 13.0 Å². The Bertz CT molecular complexity index is 1340. The van der Waals surface area contributed by atoms with E-state index in [0.717, 1.165) is 19.3 Å². The molecule has 0 spiro atoms. The average molecular weight is 541 g/mol. The van der Waals surface area contributed by atoms with E-state index in [1.165, 1.54) is 30.1 Å². The lowest BCUT2D eigenvalue weighted by Crippen LogP contribution is -2.38. The summed E-state index contributed by atoms with van der Waals surface area (Å²) >= 11 is 0. The number of tetrazole rings is 1. The minimum absolute atomic E-state index is 0.0365. The van der Waals surface area contributed by atoms with Gasteiger partial charge < -0.3 is 20.1 Å². The molecule has 12 nitrogen and oxygen atoms in total. The number of hydrogen-bond acceptors (Lipinski definition) is 9. The van der Waals surface area contributed by atoms with Crippen molar-refractivity contribution in [2.75, 3.05) is 7.11 Å². The third-order valence-electron chi connectivity index (χ3n) is 6.10. The number of nitrogens with one attached hydrogen (secondary N) is 2. The molecule has 2 heterocycles. The van der Waals surface area contributed by atoms with Gasteiger partial charge in [-0.05, 0) is 81.9 Å². The zero-order chi connectivity index (χ0) is 28.2. The molecule has 4 rings (SSSR count). The van der Waals surface area contributed by atoms with E-state index in [9.17, 15) is 14.0 Å². The van der Waals surface area contributed by atoms with Crippen molar-refractivity contribution in [2.45, 2.75) is 71.7 Å². The van der Waals surface area contributed by atoms with Crippen LogP contribution in [0.2, 0.25) is 0 Å². The molecule has 0 radical (unpaired) electrons. The molecule has 208 valence electrons. The van der Waals surface area contributed by atoms with Crippen LogP contribution in [0.15, 0.2) is 24.3 Å². The van der Waals surface area contributed by atoms with Crippen LogP contribution in [0.5, 0.6) is 5.75 Å². The molecular formula is C26H33FN8O4. The van der Waals surface area contributed by atoms with E-state index in [4.69, 9.17) is 9.47 Å². The molecule has 0 saturated heterocycles. The molecule has 1 aromatic carbocycles. The Kier molecular flexibility index (Phi) is 8.36. The van der Waals surface area contributed by atoms with Gasteiger partial charge in [-0.2, -0.15) is 4.80 Å². The van der Waals surface area contributed by atoms with Gasteiger partial charge in [-0.25, -0.2) is 19.2 Å². The van der Waals surface area contributed by atoms with Crippen LogP contribution in [0.25, 0.3) is 11.5 Å². The summed E-state index contributed by atoms with van der Waals surface area (Å²) in [5.74, 6) is 0.124. The third kappa shape index (κ3) is 7.68. The second-order valence-electron chi connectivity index (χ2n) is 10.5. The van der Waals surface area contributed by atoms with E-state index >= 15 is 0 Å². The molecule has 0 aliphatic heterocycles. The molecule has 2 atom stereocenters.